The fourth-order valence-electron chi connectivity index (χ4n) is 1.97. The van der Waals surface area contributed by atoms with Gasteiger partial charge in [-0.25, -0.2) is 8.78 Å². The molecule has 1 heterocycles. The van der Waals surface area contributed by atoms with Crippen LogP contribution in [0.25, 0.3) is 0 Å². The van der Waals surface area contributed by atoms with Gasteiger partial charge >= 0.3 is 0 Å². The molecule has 0 N–H and O–H groups in total. The zero-order valence-electron chi connectivity index (χ0n) is 10.1. The highest BCUT2D eigenvalue weighted by Gasteiger charge is 2.17. The van der Waals surface area contributed by atoms with E-state index in [1.165, 1.54) is 10.9 Å². The topological polar surface area (TPSA) is 0 Å². The highest BCUT2D eigenvalue weighted by molar-refractivity contribution is 7.12. The van der Waals surface area contributed by atoms with E-state index in [9.17, 15) is 8.78 Å². The van der Waals surface area contributed by atoms with E-state index < -0.39 is 11.6 Å². The van der Waals surface area contributed by atoms with E-state index in [4.69, 9.17) is 11.6 Å². The Labute approximate surface area is 114 Å². The maximum Gasteiger partial charge on any atom is 0.162 e. The van der Waals surface area contributed by atoms with Crippen molar-refractivity contribution in [2.45, 2.75) is 25.6 Å². The van der Waals surface area contributed by atoms with Crippen LogP contribution in [0, 0.1) is 25.5 Å². The summed E-state index contributed by atoms with van der Waals surface area (Å²) in [6.07, 6.45) is 0.294. The molecule has 1 atom stereocenters. The standard InChI is InChI=1S/C14H13ClF2S/c1-8-6-11(9(2)18-8)12(15)7-10-4-3-5-13(16)14(10)17/h3-6,12H,7H2,1-2H3. The summed E-state index contributed by atoms with van der Waals surface area (Å²) in [7, 11) is 0. The molecule has 96 valence electrons. The van der Waals surface area contributed by atoms with E-state index in [0.29, 0.717) is 12.0 Å². The zero-order chi connectivity index (χ0) is 13.3. The third-order valence-corrected chi connectivity index (χ3v) is 4.22. The van der Waals surface area contributed by atoms with Gasteiger partial charge in [0.05, 0.1) is 5.38 Å². The SMILES string of the molecule is Cc1cc(C(Cl)Cc2cccc(F)c2F)c(C)s1. The van der Waals surface area contributed by atoms with Crippen LogP contribution in [-0.4, -0.2) is 0 Å². The van der Waals surface area contributed by atoms with Gasteiger partial charge in [0.15, 0.2) is 11.6 Å². The predicted octanol–water partition coefficient (Wildman–Crippen LogP) is 5.17. The Kier molecular flexibility index (Phi) is 4.03. The van der Waals surface area contributed by atoms with E-state index in [2.05, 4.69) is 0 Å². The van der Waals surface area contributed by atoms with Crippen LogP contribution >= 0.6 is 22.9 Å². The first-order chi connectivity index (χ1) is 8.49. The molecule has 0 aliphatic carbocycles. The number of aryl methyl sites for hydroxylation is 2. The van der Waals surface area contributed by atoms with Crippen LogP contribution in [0.15, 0.2) is 24.3 Å². The summed E-state index contributed by atoms with van der Waals surface area (Å²) < 4.78 is 26.7. The van der Waals surface area contributed by atoms with E-state index >= 15 is 0 Å². The van der Waals surface area contributed by atoms with Gasteiger partial charge in [0.2, 0.25) is 0 Å². The quantitative estimate of drug-likeness (QED) is 0.683. The van der Waals surface area contributed by atoms with Crippen molar-refractivity contribution in [2.75, 3.05) is 0 Å². The van der Waals surface area contributed by atoms with Gasteiger partial charge in [0, 0.05) is 9.75 Å². The Morgan fingerprint density at radius 1 is 1.28 bits per heavy atom. The molecule has 0 aliphatic heterocycles. The number of thiophene rings is 1. The molecule has 0 fully saturated rings. The van der Waals surface area contributed by atoms with Crippen molar-refractivity contribution < 1.29 is 8.78 Å². The number of rotatable bonds is 3. The lowest BCUT2D eigenvalue weighted by molar-refractivity contribution is 0.498. The molecule has 0 radical (unpaired) electrons. The first-order valence-corrected chi connectivity index (χ1v) is 6.88. The summed E-state index contributed by atoms with van der Waals surface area (Å²) in [4.78, 5) is 2.30. The molecular formula is C14H13ClF2S. The Hall–Kier alpha value is -0.930. The molecule has 0 aliphatic rings. The third-order valence-electron chi connectivity index (χ3n) is 2.85. The van der Waals surface area contributed by atoms with Crippen molar-refractivity contribution in [1.29, 1.82) is 0 Å². The van der Waals surface area contributed by atoms with Gasteiger partial charge in [-0.05, 0) is 43.5 Å². The smallest absolute Gasteiger partial charge is 0.162 e. The van der Waals surface area contributed by atoms with Crippen LogP contribution < -0.4 is 0 Å². The summed E-state index contributed by atoms with van der Waals surface area (Å²) >= 11 is 7.96. The van der Waals surface area contributed by atoms with Gasteiger partial charge in [0.25, 0.3) is 0 Å². The van der Waals surface area contributed by atoms with E-state index in [0.717, 1.165) is 16.5 Å². The van der Waals surface area contributed by atoms with Crippen molar-refractivity contribution in [3.8, 4) is 0 Å². The maximum atomic E-state index is 13.6. The Morgan fingerprint density at radius 3 is 2.61 bits per heavy atom. The summed E-state index contributed by atoms with van der Waals surface area (Å²) in [5.74, 6) is -1.62. The molecule has 1 aromatic carbocycles. The summed E-state index contributed by atoms with van der Waals surface area (Å²) in [5.41, 5.74) is 1.32. The fraction of sp³-hybridized carbons (Fsp3) is 0.286. The number of benzene rings is 1. The lowest BCUT2D eigenvalue weighted by Crippen LogP contribution is -2.00. The Morgan fingerprint density at radius 2 is 2.00 bits per heavy atom. The predicted molar refractivity (Wildman–Crippen MR) is 72.4 cm³/mol. The van der Waals surface area contributed by atoms with E-state index in [1.807, 2.05) is 19.9 Å². The van der Waals surface area contributed by atoms with Crippen molar-refractivity contribution in [3.05, 3.63) is 56.8 Å². The summed E-state index contributed by atoms with van der Waals surface area (Å²) in [6, 6.07) is 6.20. The largest absolute Gasteiger partial charge is 0.204 e. The first kappa shape index (κ1) is 13.5. The molecule has 0 nitrogen and oxygen atoms in total. The number of hydrogen-bond acceptors (Lipinski definition) is 1. The van der Waals surface area contributed by atoms with Crippen LogP contribution in [0.5, 0.6) is 0 Å². The van der Waals surface area contributed by atoms with E-state index in [-0.39, 0.29) is 5.38 Å². The zero-order valence-corrected chi connectivity index (χ0v) is 11.7. The first-order valence-electron chi connectivity index (χ1n) is 5.63. The Balaban J connectivity index is 2.24. The van der Waals surface area contributed by atoms with Gasteiger partial charge in [-0.15, -0.1) is 22.9 Å². The van der Waals surface area contributed by atoms with Crippen LogP contribution in [0.4, 0.5) is 8.78 Å². The second kappa shape index (κ2) is 5.37. The second-order valence-electron chi connectivity index (χ2n) is 4.25. The highest BCUT2D eigenvalue weighted by atomic mass is 35.5. The monoisotopic (exact) mass is 286 g/mol. The fourth-order valence-corrected chi connectivity index (χ4v) is 3.42. The molecule has 0 amide bonds. The van der Waals surface area contributed by atoms with Gasteiger partial charge in [-0.1, -0.05) is 12.1 Å². The minimum Gasteiger partial charge on any atom is -0.204 e. The molecule has 0 saturated carbocycles. The van der Waals surface area contributed by atoms with Crippen molar-refractivity contribution in [1.82, 2.24) is 0 Å². The third kappa shape index (κ3) is 2.73. The average molecular weight is 287 g/mol. The van der Waals surface area contributed by atoms with Crippen LogP contribution in [0.1, 0.15) is 26.3 Å². The molecule has 2 rings (SSSR count). The lowest BCUT2D eigenvalue weighted by atomic mass is 10.0. The molecule has 0 saturated heterocycles. The molecule has 18 heavy (non-hydrogen) atoms. The van der Waals surface area contributed by atoms with E-state index in [1.54, 1.807) is 17.4 Å². The van der Waals surface area contributed by atoms with Crippen LogP contribution in [-0.2, 0) is 6.42 Å². The van der Waals surface area contributed by atoms with Gasteiger partial charge in [0.1, 0.15) is 0 Å². The maximum absolute atomic E-state index is 13.6. The molecule has 1 aromatic heterocycles. The molecule has 1 unspecified atom stereocenters. The summed E-state index contributed by atoms with van der Waals surface area (Å²) in [6.45, 7) is 4.00. The van der Waals surface area contributed by atoms with Gasteiger partial charge in [-0.3, -0.25) is 0 Å². The molecule has 4 heteroatoms. The molecule has 0 spiro atoms. The van der Waals surface area contributed by atoms with Crippen molar-refractivity contribution in [2.24, 2.45) is 0 Å². The van der Waals surface area contributed by atoms with Crippen LogP contribution in [0.3, 0.4) is 0 Å². The van der Waals surface area contributed by atoms with Crippen molar-refractivity contribution >= 4 is 22.9 Å². The number of hydrogen-bond donors (Lipinski definition) is 0. The van der Waals surface area contributed by atoms with Gasteiger partial charge < -0.3 is 0 Å². The number of alkyl halides is 1. The molecular weight excluding hydrogens is 274 g/mol. The number of halogens is 3. The highest BCUT2D eigenvalue weighted by Crippen LogP contribution is 2.33. The minimum atomic E-state index is -0.824. The minimum absolute atomic E-state index is 0.294. The van der Waals surface area contributed by atoms with Gasteiger partial charge in [-0.2, -0.15) is 0 Å². The molecule has 2 aromatic rings. The molecule has 0 bridgehead atoms. The summed E-state index contributed by atoms with van der Waals surface area (Å²) in [5, 5.41) is -0.328. The average Bonchev–Trinajstić information content (AvgIpc) is 2.64. The normalized spacial score (nSPS) is 12.7. The second-order valence-corrected chi connectivity index (χ2v) is 6.24. The van der Waals surface area contributed by atoms with Crippen LogP contribution in [0.2, 0.25) is 0 Å². The lowest BCUT2D eigenvalue weighted by Gasteiger charge is -2.10. The van der Waals surface area contributed by atoms with Crippen molar-refractivity contribution in [3.63, 3.8) is 0 Å². The Bertz CT molecular complexity index is 563.